The maximum absolute atomic E-state index is 14.7. The number of phosphoric ester groups is 2. The van der Waals surface area contributed by atoms with Gasteiger partial charge in [-0.1, -0.05) is 77.0 Å². The highest BCUT2D eigenvalue weighted by Crippen LogP contribution is 2.72. The molecule has 7 nitrogen and oxygen atoms in total. The lowest BCUT2D eigenvalue weighted by molar-refractivity contribution is -0.0593. The zero-order chi connectivity index (χ0) is 26.7. The van der Waals surface area contributed by atoms with Gasteiger partial charge in [0.05, 0.1) is 22.4 Å². The molecule has 0 aliphatic heterocycles. The predicted octanol–water partition coefficient (Wildman–Crippen LogP) is 10.2. The summed E-state index contributed by atoms with van der Waals surface area (Å²) in [5.41, 5.74) is -2.64. The second kappa shape index (κ2) is 12.0. The highest BCUT2D eigenvalue weighted by atomic mass is 31.3. The summed E-state index contributed by atoms with van der Waals surface area (Å²) in [7, 11) is -8.63. The van der Waals surface area contributed by atoms with E-state index in [1.807, 2.05) is 27.7 Å². The van der Waals surface area contributed by atoms with E-state index in [9.17, 15) is 9.13 Å². The van der Waals surface area contributed by atoms with Crippen molar-refractivity contribution >= 4 is 15.6 Å². The molecule has 0 unspecified atom stereocenters. The number of phosphoric acid groups is 2. The molecule has 0 saturated heterocycles. The van der Waals surface area contributed by atoms with Crippen LogP contribution in [0.5, 0.6) is 0 Å². The molecule has 216 valence electrons. The molecule has 0 N–H and O–H groups in total. The quantitative estimate of drug-likeness (QED) is 0.245. The van der Waals surface area contributed by atoms with Crippen LogP contribution in [0.2, 0.25) is 0 Å². The summed E-state index contributed by atoms with van der Waals surface area (Å²) in [6, 6.07) is 0. The van der Waals surface area contributed by atoms with Gasteiger partial charge in [-0.15, -0.1) is 0 Å². The summed E-state index contributed by atoms with van der Waals surface area (Å²) >= 11 is 0. The second-order valence-electron chi connectivity index (χ2n) is 13.4. The average Bonchev–Trinajstić information content (AvgIpc) is 2.78. The van der Waals surface area contributed by atoms with Crippen LogP contribution in [0, 0.1) is 0 Å². The zero-order valence-corrected chi connectivity index (χ0v) is 25.7. The Labute approximate surface area is 225 Å². The largest absolute Gasteiger partial charge is 0.484 e. The van der Waals surface area contributed by atoms with Crippen molar-refractivity contribution in [3.05, 3.63) is 0 Å². The van der Waals surface area contributed by atoms with Gasteiger partial charge >= 0.3 is 15.6 Å². The molecular formula is C28H52O7P2. The fourth-order valence-corrected chi connectivity index (χ4v) is 11.3. The molecule has 0 bridgehead atoms. The van der Waals surface area contributed by atoms with Gasteiger partial charge in [-0.2, -0.15) is 4.31 Å². The SMILES string of the molecule is CC1(OP(=O)(OC2(C)CCCCC2)OP(=O)(OC2(C)CCCCC2)OC2(C)CCCCC2)CCCCC1. The molecule has 0 spiro atoms. The van der Waals surface area contributed by atoms with Crippen LogP contribution in [-0.4, -0.2) is 22.4 Å². The van der Waals surface area contributed by atoms with Gasteiger partial charge in [0.1, 0.15) is 0 Å². The summed E-state index contributed by atoms with van der Waals surface area (Å²) in [5.74, 6) is 0. The molecule has 0 aromatic heterocycles. The topological polar surface area (TPSA) is 80.3 Å². The van der Waals surface area contributed by atoms with Crippen LogP contribution in [0.3, 0.4) is 0 Å². The third kappa shape index (κ3) is 8.62. The van der Waals surface area contributed by atoms with Gasteiger partial charge in [0.2, 0.25) is 0 Å². The Hall–Kier alpha value is 0.260. The van der Waals surface area contributed by atoms with Crippen LogP contribution in [0.4, 0.5) is 0 Å². The minimum atomic E-state index is -4.32. The average molecular weight is 563 g/mol. The molecule has 0 amide bonds. The summed E-state index contributed by atoms with van der Waals surface area (Å²) in [5, 5.41) is 0. The van der Waals surface area contributed by atoms with Crippen LogP contribution < -0.4 is 0 Å². The summed E-state index contributed by atoms with van der Waals surface area (Å²) in [6.45, 7) is 7.91. The van der Waals surface area contributed by atoms with Crippen molar-refractivity contribution in [3.8, 4) is 0 Å². The van der Waals surface area contributed by atoms with E-state index < -0.39 is 38.0 Å². The smallest absolute Gasteiger partial charge is 0.280 e. The second-order valence-corrected chi connectivity index (χ2v) is 16.6. The van der Waals surface area contributed by atoms with Gasteiger partial charge in [-0.25, -0.2) is 9.13 Å². The monoisotopic (exact) mass is 562 g/mol. The Balaban J connectivity index is 1.64. The standard InChI is InChI=1S/C28H52O7P2/c1-25(17-9-5-10-18-25)31-36(29,32-26(2)19-11-6-12-20-26)35-37(30,33-27(3)21-13-7-14-22-27)34-28(4)23-15-8-16-24-28/h5-24H2,1-4H3. The molecule has 0 heterocycles. The van der Waals surface area contributed by atoms with Crippen LogP contribution in [0.15, 0.2) is 0 Å². The van der Waals surface area contributed by atoms with E-state index in [4.69, 9.17) is 22.4 Å². The van der Waals surface area contributed by atoms with Crippen LogP contribution in [0.25, 0.3) is 0 Å². The molecule has 0 radical (unpaired) electrons. The lowest BCUT2D eigenvalue weighted by atomic mass is 9.87. The van der Waals surface area contributed by atoms with Crippen LogP contribution in [0.1, 0.15) is 156 Å². The molecule has 0 aromatic carbocycles. The van der Waals surface area contributed by atoms with E-state index in [1.165, 1.54) is 0 Å². The zero-order valence-electron chi connectivity index (χ0n) is 23.9. The highest BCUT2D eigenvalue weighted by molar-refractivity contribution is 7.62. The Morgan fingerprint density at radius 3 is 0.757 bits per heavy atom. The van der Waals surface area contributed by atoms with E-state index in [0.29, 0.717) is 0 Å². The van der Waals surface area contributed by atoms with Crippen molar-refractivity contribution in [2.75, 3.05) is 0 Å². The van der Waals surface area contributed by atoms with Gasteiger partial charge in [0.15, 0.2) is 0 Å². The van der Waals surface area contributed by atoms with Gasteiger partial charge in [0.25, 0.3) is 0 Å². The lowest BCUT2D eigenvalue weighted by Crippen LogP contribution is -2.37. The van der Waals surface area contributed by atoms with Crippen molar-refractivity contribution < 1.29 is 31.5 Å². The third-order valence-corrected chi connectivity index (χ3v) is 13.4. The van der Waals surface area contributed by atoms with Crippen LogP contribution in [-0.2, 0) is 31.5 Å². The van der Waals surface area contributed by atoms with Crippen molar-refractivity contribution in [2.24, 2.45) is 0 Å². The fraction of sp³-hybridized carbons (Fsp3) is 1.00. The molecular weight excluding hydrogens is 510 g/mol. The molecule has 0 aromatic rings. The Morgan fingerprint density at radius 2 is 0.568 bits per heavy atom. The van der Waals surface area contributed by atoms with E-state index >= 15 is 0 Å². The van der Waals surface area contributed by atoms with E-state index in [0.717, 1.165) is 128 Å². The van der Waals surface area contributed by atoms with Crippen LogP contribution >= 0.6 is 15.6 Å². The first-order valence-electron chi connectivity index (χ1n) is 15.1. The normalized spacial score (nSPS) is 28.0. The molecule has 4 saturated carbocycles. The summed E-state index contributed by atoms with van der Waals surface area (Å²) < 4.78 is 60.9. The molecule has 37 heavy (non-hydrogen) atoms. The number of hydrogen-bond donors (Lipinski definition) is 0. The number of hydrogen-bond acceptors (Lipinski definition) is 7. The Bertz CT molecular complexity index is 707. The highest BCUT2D eigenvalue weighted by Gasteiger charge is 2.53. The molecule has 4 fully saturated rings. The lowest BCUT2D eigenvalue weighted by Gasteiger charge is -2.43. The first-order chi connectivity index (χ1) is 17.4. The van der Waals surface area contributed by atoms with Crippen molar-refractivity contribution in [2.45, 2.75) is 179 Å². The van der Waals surface area contributed by atoms with Gasteiger partial charge < -0.3 is 0 Å². The van der Waals surface area contributed by atoms with Crippen molar-refractivity contribution in [1.29, 1.82) is 0 Å². The predicted molar refractivity (Wildman–Crippen MR) is 147 cm³/mol. The van der Waals surface area contributed by atoms with E-state index in [-0.39, 0.29) is 0 Å². The fourth-order valence-electron chi connectivity index (χ4n) is 6.87. The number of rotatable bonds is 10. The minimum absolute atomic E-state index is 0.660. The first-order valence-corrected chi connectivity index (χ1v) is 18.0. The maximum Gasteiger partial charge on any atom is 0.484 e. The minimum Gasteiger partial charge on any atom is -0.280 e. The Morgan fingerprint density at radius 1 is 0.378 bits per heavy atom. The van der Waals surface area contributed by atoms with E-state index in [2.05, 4.69) is 0 Å². The molecule has 9 heteroatoms. The van der Waals surface area contributed by atoms with Crippen molar-refractivity contribution in [3.63, 3.8) is 0 Å². The molecule has 4 rings (SSSR count). The Kier molecular flexibility index (Phi) is 9.81. The van der Waals surface area contributed by atoms with Gasteiger partial charge in [-0.3, -0.25) is 18.1 Å². The molecule has 4 aliphatic rings. The van der Waals surface area contributed by atoms with Gasteiger partial charge in [-0.05, 0) is 79.1 Å². The van der Waals surface area contributed by atoms with E-state index in [1.54, 1.807) is 0 Å². The van der Waals surface area contributed by atoms with Gasteiger partial charge in [0, 0.05) is 0 Å². The molecule has 4 aliphatic carbocycles. The third-order valence-electron chi connectivity index (χ3n) is 9.17. The first kappa shape index (κ1) is 30.2. The maximum atomic E-state index is 14.7. The van der Waals surface area contributed by atoms with Crippen molar-refractivity contribution in [1.82, 2.24) is 0 Å². The summed E-state index contributed by atoms with van der Waals surface area (Å²) in [6.07, 6.45) is 18.6. The molecule has 0 atom stereocenters. The summed E-state index contributed by atoms with van der Waals surface area (Å²) in [4.78, 5) is 0.